The van der Waals surface area contributed by atoms with E-state index in [0.29, 0.717) is 5.89 Å². The van der Waals surface area contributed by atoms with Crippen LogP contribution in [-0.4, -0.2) is 9.55 Å². The molecule has 4 aromatic heterocycles. The van der Waals surface area contributed by atoms with Gasteiger partial charge in [-0.25, -0.2) is 4.98 Å². The van der Waals surface area contributed by atoms with E-state index in [0.717, 1.165) is 98.8 Å². The van der Waals surface area contributed by atoms with E-state index in [1.165, 1.54) is 0 Å². The number of hydrogen-bond acceptors (Lipinski definition) is 4. The van der Waals surface area contributed by atoms with Gasteiger partial charge in [0.15, 0.2) is 5.58 Å². The average molecular weight is 591 g/mol. The van der Waals surface area contributed by atoms with Gasteiger partial charge >= 0.3 is 0 Å². The second-order valence-corrected chi connectivity index (χ2v) is 11.9. The molecule has 5 nitrogen and oxygen atoms in total. The molecule has 0 aliphatic heterocycles. The molecule has 0 unspecified atom stereocenters. The highest BCUT2D eigenvalue weighted by atomic mass is 16.3. The molecule has 0 fully saturated rings. The lowest BCUT2D eigenvalue weighted by molar-refractivity contribution is 0.619. The first-order valence-electron chi connectivity index (χ1n) is 15.4. The Morgan fingerprint density at radius 2 is 1.15 bits per heavy atom. The van der Waals surface area contributed by atoms with Gasteiger partial charge in [0.25, 0.3) is 0 Å². The minimum atomic E-state index is 0.559. The van der Waals surface area contributed by atoms with E-state index < -0.39 is 0 Å². The normalized spacial score (nSPS) is 12.3. The van der Waals surface area contributed by atoms with Crippen molar-refractivity contribution in [3.8, 4) is 17.1 Å². The second-order valence-electron chi connectivity index (χ2n) is 11.9. The summed E-state index contributed by atoms with van der Waals surface area (Å²) in [6, 6.07) is 46.1. The Labute approximate surface area is 260 Å². The maximum absolute atomic E-state index is 6.60. The summed E-state index contributed by atoms with van der Waals surface area (Å²) in [5.41, 5.74) is 8.88. The summed E-state index contributed by atoms with van der Waals surface area (Å²) >= 11 is 0. The van der Waals surface area contributed by atoms with E-state index in [2.05, 4.69) is 95.6 Å². The van der Waals surface area contributed by atoms with E-state index >= 15 is 0 Å². The van der Waals surface area contributed by atoms with Gasteiger partial charge in [0.2, 0.25) is 5.89 Å². The average Bonchev–Trinajstić information content (AvgIpc) is 3.86. The first-order valence-corrected chi connectivity index (χ1v) is 15.4. The maximum atomic E-state index is 6.60. The van der Waals surface area contributed by atoms with Gasteiger partial charge in [-0.05, 0) is 65.4 Å². The largest absolute Gasteiger partial charge is 0.456 e. The summed E-state index contributed by atoms with van der Waals surface area (Å²) in [6.07, 6.45) is 0. The van der Waals surface area contributed by atoms with E-state index in [9.17, 15) is 0 Å². The van der Waals surface area contributed by atoms with Crippen LogP contribution < -0.4 is 0 Å². The topological polar surface area (TPSA) is 57.2 Å². The molecule has 0 saturated carbocycles. The number of fused-ring (bicyclic) bond motifs is 11. The molecular weight excluding hydrogens is 568 g/mol. The lowest BCUT2D eigenvalue weighted by Crippen LogP contribution is -1.98. The molecule has 0 saturated heterocycles. The molecule has 11 aromatic rings. The van der Waals surface area contributed by atoms with Crippen LogP contribution in [0.15, 0.2) is 147 Å². The van der Waals surface area contributed by atoms with Gasteiger partial charge in [-0.2, -0.15) is 0 Å². The van der Waals surface area contributed by atoms with Crippen molar-refractivity contribution in [1.29, 1.82) is 0 Å². The van der Waals surface area contributed by atoms with E-state index in [4.69, 9.17) is 18.2 Å². The highest BCUT2D eigenvalue weighted by molar-refractivity contribution is 6.21. The van der Waals surface area contributed by atoms with Crippen LogP contribution in [-0.2, 0) is 0 Å². The van der Waals surface area contributed by atoms with Gasteiger partial charge in [0.1, 0.15) is 27.8 Å². The van der Waals surface area contributed by atoms with Crippen molar-refractivity contribution >= 4 is 87.6 Å². The molecule has 0 radical (unpaired) electrons. The van der Waals surface area contributed by atoms with Gasteiger partial charge in [-0.15, -0.1) is 0 Å². The summed E-state index contributed by atoms with van der Waals surface area (Å²) in [5, 5.41) is 8.85. The number of hydrogen-bond donors (Lipinski definition) is 0. The molecule has 0 N–H and O–H groups in total. The number of nitrogens with zero attached hydrogens (tertiary/aromatic N) is 2. The molecule has 0 atom stereocenters. The molecular formula is C41H22N2O3. The first kappa shape index (κ1) is 24.0. The van der Waals surface area contributed by atoms with E-state index in [1.807, 2.05) is 42.5 Å². The molecule has 7 aromatic carbocycles. The quantitative estimate of drug-likeness (QED) is 0.201. The zero-order valence-corrected chi connectivity index (χ0v) is 24.3. The fourth-order valence-electron chi connectivity index (χ4n) is 7.36. The van der Waals surface area contributed by atoms with Crippen molar-refractivity contribution in [3.63, 3.8) is 0 Å². The predicted molar refractivity (Wildman–Crippen MR) is 186 cm³/mol. The summed E-state index contributed by atoms with van der Waals surface area (Å²) in [5.74, 6) is 0.559. The van der Waals surface area contributed by atoms with Crippen molar-refractivity contribution in [2.75, 3.05) is 0 Å². The van der Waals surface area contributed by atoms with Crippen LogP contribution in [0.2, 0.25) is 0 Å². The lowest BCUT2D eigenvalue weighted by atomic mass is 10.0. The predicted octanol–water partition coefficient (Wildman–Crippen LogP) is 11.5. The fraction of sp³-hybridized carbons (Fsp3) is 0. The fourth-order valence-corrected chi connectivity index (χ4v) is 7.36. The van der Waals surface area contributed by atoms with Gasteiger partial charge < -0.3 is 17.8 Å². The molecule has 0 amide bonds. The Morgan fingerprint density at radius 1 is 0.435 bits per heavy atom. The van der Waals surface area contributed by atoms with Crippen molar-refractivity contribution in [2.24, 2.45) is 0 Å². The third-order valence-electron chi connectivity index (χ3n) is 9.40. The number of furan rings is 2. The summed E-state index contributed by atoms with van der Waals surface area (Å²) in [4.78, 5) is 4.98. The molecule has 11 rings (SSSR count). The number of oxazole rings is 1. The molecule has 46 heavy (non-hydrogen) atoms. The number of aromatic nitrogens is 2. The molecule has 5 heteroatoms. The molecule has 214 valence electrons. The van der Waals surface area contributed by atoms with Crippen LogP contribution in [0, 0.1) is 0 Å². The Morgan fingerprint density at radius 3 is 2.04 bits per heavy atom. The SMILES string of the molecule is c1ccc2cc3c(cc2c1)oc1ccc(-c2nc4ccccc4o2)c(-n2c4ccccc4c4cc5c(cc42)oc2ccccc25)c13. The van der Waals surface area contributed by atoms with Crippen LogP contribution in [0.3, 0.4) is 0 Å². The highest BCUT2D eigenvalue weighted by Crippen LogP contribution is 2.45. The molecule has 0 aliphatic rings. The van der Waals surface area contributed by atoms with Gasteiger partial charge in [-0.3, -0.25) is 0 Å². The van der Waals surface area contributed by atoms with Crippen LogP contribution in [0.25, 0.3) is 105 Å². The van der Waals surface area contributed by atoms with Crippen LogP contribution in [0.1, 0.15) is 0 Å². The van der Waals surface area contributed by atoms with E-state index in [-0.39, 0.29) is 0 Å². The minimum absolute atomic E-state index is 0.559. The second kappa shape index (κ2) is 8.65. The van der Waals surface area contributed by atoms with Crippen LogP contribution in [0.4, 0.5) is 0 Å². The Balaban J connectivity index is 1.36. The standard InChI is InChI=1S/C41H22N2O3/c1-2-10-24-20-37-30(19-23(24)9-1)39-36(45-37)18-17-27(41-42-31-13-5-8-16-35(31)46-41)40(39)43-32-14-6-3-11-25(32)28-21-29-26-12-4-7-15-34(26)44-38(29)22-33(28)43/h1-22H. The third-order valence-corrected chi connectivity index (χ3v) is 9.40. The number of rotatable bonds is 2. The summed E-state index contributed by atoms with van der Waals surface area (Å²) < 4.78 is 21.8. The molecule has 0 spiro atoms. The summed E-state index contributed by atoms with van der Waals surface area (Å²) in [7, 11) is 0. The van der Waals surface area contributed by atoms with Crippen molar-refractivity contribution in [3.05, 3.63) is 133 Å². The Bertz CT molecular complexity index is 3010. The van der Waals surface area contributed by atoms with Crippen LogP contribution >= 0.6 is 0 Å². The minimum Gasteiger partial charge on any atom is -0.456 e. The first-order chi connectivity index (χ1) is 22.8. The van der Waals surface area contributed by atoms with Gasteiger partial charge in [0, 0.05) is 33.0 Å². The van der Waals surface area contributed by atoms with E-state index in [1.54, 1.807) is 0 Å². The number of benzene rings is 7. The highest BCUT2D eigenvalue weighted by Gasteiger charge is 2.25. The van der Waals surface area contributed by atoms with Crippen molar-refractivity contribution < 1.29 is 13.3 Å². The molecule has 4 heterocycles. The zero-order valence-electron chi connectivity index (χ0n) is 24.3. The maximum Gasteiger partial charge on any atom is 0.229 e. The van der Waals surface area contributed by atoms with Crippen molar-refractivity contribution in [2.45, 2.75) is 0 Å². The third kappa shape index (κ3) is 3.16. The summed E-state index contributed by atoms with van der Waals surface area (Å²) in [6.45, 7) is 0. The molecule has 0 aliphatic carbocycles. The van der Waals surface area contributed by atoms with Crippen molar-refractivity contribution in [1.82, 2.24) is 9.55 Å². The Kier molecular flexibility index (Phi) is 4.52. The van der Waals surface area contributed by atoms with Gasteiger partial charge in [-0.1, -0.05) is 72.8 Å². The number of para-hydroxylation sites is 4. The zero-order chi connectivity index (χ0) is 29.9. The van der Waals surface area contributed by atoms with Crippen LogP contribution in [0.5, 0.6) is 0 Å². The lowest BCUT2D eigenvalue weighted by Gasteiger charge is -2.14. The smallest absolute Gasteiger partial charge is 0.229 e. The monoisotopic (exact) mass is 590 g/mol. The Hall–Kier alpha value is -6.33. The van der Waals surface area contributed by atoms with Gasteiger partial charge in [0.05, 0.1) is 27.7 Å². The molecule has 0 bridgehead atoms.